The molecule has 5 nitrogen and oxygen atoms in total. The van der Waals surface area contributed by atoms with Crippen LogP contribution in [0.5, 0.6) is 0 Å². The maximum atomic E-state index is 12.2. The first-order valence-electron chi connectivity index (χ1n) is 7.39. The molecule has 0 aliphatic carbocycles. The Bertz CT molecular complexity index is 907. The normalized spacial score (nSPS) is 11.5. The molecule has 124 valence electrons. The van der Waals surface area contributed by atoms with Gasteiger partial charge in [-0.05, 0) is 48.4 Å². The largest absolute Gasteiger partial charge is 0.241 e. The van der Waals surface area contributed by atoms with Gasteiger partial charge in [0.05, 0.1) is 10.6 Å². The van der Waals surface area contributed by atoms with Crippen molar-refractivity contribution in [2.75, 3.05) is 6.54 Å². The molecule has 1 aromatic heterocycles. The van der Waals surface area contributed by atoms with Crippen molar-refractivity contribution in [3.8, 4) is 5.69 Å². The van der Waals surface area contributed by atoms with E-state index in [2.05, 4.69) is 9.82 Å². The average Bonchev–Trinajstić information content (AvgIpc) is 3.10. The number of nitrogens with zero attached hydrogens (tertiary/aromatic N) is 2. The summed E-state index contributed by atoms with van der Waals surface area (Å²) in [7, 11) is -3.55. The van der Waals surface area contributed by atoms with Crippen LogP contribution >= 0.6 is 11.6 Å². The van der Waals surface area contributed by atoms with Crippen LogP contribution in [0, 0.1) is 0 Å². The van der Waals surface area contributed by atoms with Crippen molar-refractivity contribution in [3.63, 3.8) is 0 Å². The van der Waals surface area contributed by atoms with Gasteiger partial charge in [-0.3, -0.25) is 0 Å². The SMILES string of the molecule is O=S(=O)(NCCc1ccc(-n2cccn2)cc1)c1cccc(Cl)c1. The lowest BCUT2D eigenvalue weighted by molar-refractivity contribution is 0.581. The van der Waals surface area contributed by atoms with E-state index in [0.29, 0.717) is 18.0 Å². The molecule has 0 unspecified atom stereocenters. The van der Waals surface area contributed by atoms with Gasteiger partial charge in [-0.2, -0.15) is 5.10 Å². The van der Waals surface area contributed by atoms with Gasteiger partial charge < -0.3 is 0 Å². The average molecular weight is 362 g/mol. The van der Waals surface area contributed by atoms with Crippen LogP contribution in [0.2, 0.25) is 5.02 Å². The van der Waals surface area contributed by atoms with Gasteiger partial charge >= 0.3 is 0 Å². The molecule has 0 saturated heterocycles. The summed E-state index contributed by atoms with van der Waals surface area (Å²) in [6, 6.07) is 15.9. The highest BCUT2D eigenvalue weighted by atomic mass is 35.5. The number of hydrogen-bond acceptors (Lipinski definition) is 3. The van der Waals surface area contributed by atoms with Crippen LogP contribution in [0.3, 0.4) is 0 Å². The summed E-state index contributed by atoms with van der Waals surface area (Å²) in [5, 5.41) is 4.56. The lowest BCUT2D eigenvalue weighted by atomic mass is 10.1. The highest BCUT2D eigenvalue weighted by Gasteiger charge is 2.13. The molecule has 3 rings (SSSR count). The smallest absolute Gasteiger partial charge is 0.240 e. The zero-order valence-corrected chi connectivity index (χ0v) is 14.3. The second-order valence-electron chi connectivity index (χ2n) is 5.22. The van der Waals surface area contributed by atoms with E-state index in [1.165, 1.54) is 12.1 Å². The summed E-state index contributed by atoms with van der Waals surface area (Å²) in [6.07, 6.45) is 4.19. The van der Waals surface area contributed by atoms with Crippen molar-refractivity contribution in [1.29, 1.82) is 0 Å². The maximum Gasteiger partial charge on any atom is 0.240 e. The van der Waals surface area contributed by atoms with Gasteiger partial charge in [-0.1, -0.05) is 29.8 Å². The lowest BCUT2D eigenvalue weighted by Crippen LogP contribution is -2.26. The Balaban J connectivity index is 1.60. The standard InChI is InChI=1S/C17H16ClN3O2S/c18-15-3-1-4-17(13-15)24(22,23)20-11-9-14-5-7-16(8-6-14)21-12-2-10-19-21/h1-8,10,12-13,20H,9,11H2. The second-order valence-corrected chi connectivity index (χ2v) is 7.43. The number of halogens is 1. The van der Waals surface area contributed by atoms with E-state index in [4.69, 9.17) is 11.6 Å². The number of rotatable bonds is 6. The van der Waals surface area contributed by atoms with Gasteiger partial charge in [-0.15, -0.1) is 0 Å². The lowest BCUT2D eigenvalue weighted by Gasteiger charge is -2.08. The molecule has 0 amide bonds. The minimum atomic E-state index is -3.55. The molecule has 0 bridgehead atoms. The zero-order chi connectivity index (χ0) is 17.0. The monoisotopic (exact) mass is 361 g/mol. The van der Waals surface area contributed by atoms with Crippen molar-refractivity contribution >= 4 is 21.6 Å². The molecule has 2 aromatic carbocycles. The molecule has 0 aliphatic heterocycles. The Hall–Kier alpha value is -2.15. The van der Waals surface area contributed by atoms with Gasteiger partial charge in [0.15, 0.2) is 0 Å². The van der Waals surface area contributed by atoms with E-state index < -0.39 is 10.0 Å². The molecule has 0 spiro atoms. The van der Waals surface area contributed by atoms with E-state index in [1.807, 2.05) is 36.5 Å². The fraction of sp³-hybridized carbons (Fsp3) is 0.118. The van der Waals surface area contributed by atoms with Gasteiger partial charge in [0.2, 0.25) is 10.0 Å². The van der Waals surface area contributed by atoms with Gasteiger partial charge in [0.25, 0.3) is 0 Å². The van der Waals surface area contributed by atoms with Crippen molar-refractivity contribution in [3.05, 3.63) is 77.6 Å². The highest BCUT2D eigenvalue weighted by molar-refractivity contribution is 7.89. The summed E-state index contributed by atoms with van der Waals surface area (Å²) in [6.45, 7) is 0.315. The molecule has 0 aliphatic rings. The van der Waals surface area contributed by atoms with Gasteiger partial charge in [-0.25, -0.2) is 17.8 Å². The second kappa shape index (κ2) is 7.17. The molecular weight excluding hydrogens is 346 g/mol. The molecular formula is C17H16ClN3O2S. The predicted octanol–water partition coefficient (Wildman–Crippen LogP) is 3.05. The topological polar surface area (TPSA) is 64.0 Å². The fourth-order valence-electron chi connectivity index (χ4n) is 2.28. The Morgan fingerprint density at radius 1 is 1.08 bits per heavy atom. The van der Waals surface area contributed by atoms with E-state index in [9.17, 15) is 8.42 Å². The minimum Gasteiger partial charge on any atom is -0.241 e. The third-order valence-corrected chi connectivity index (χ3v) is 5.21. The number of nitrogens with one attached hydrogen (secondary N) is 1. The van der Waals surface area contributed by atoms with Crippen LogP contribution in [0.15, 0.2) is 71.9 Å². The number of hydrogen-bond donors (Lipinski definition) is 1. The molecule has 7 heteroatoms. The maximum absolute atomic E-state index is 12.2. The molecule has 24 heavy (non-hydrogen) atoms. The van der Waals surface area contributed by atoms with Crippen LogP contribution in [0.1, 0.15) is 5.56 Å². The van der Waals surface area contributed by atoms with Crippen LogP contribution in [-0.4, -0.2) is 24.7 Å². The van der Waals surface area contributed by atoms with Crippen molar-refractivity contribution < 1.29 is 8.42 Å². The first kappa shape index (κ1) is 16.7. The Morgan fingerprint density at radius 2 is 1.88 bits per heavy atom. The predicted molar refractivity (Wildman–Crippen MR) is 93.9 cm³/mol. The van der Waals surface area contributed by atoms with E-state index in [-0.39, 0.29) is 4.90 Å². The summed E-state index contributed by atoms with van der Waals surface area (Å²) in [5.74, 6) is 0. The summed E-state index contributed by atoms with van der Waals surface area (Å²) >= 11 is 5.84. The molecule has 0 atom stereocenters. The van der Waals surface area contributed by atoms with Crippen LogP contribution < -0.4 is 4.72 Å². The Kier molecular flexibility index (Phi) is 4.99. The molecule has 1 heterocycles. The number of sulfonamides is 1. The van der Waals surface area contributed by atoms with Gasteiger partial charge in [0.1, 0.15) is 0 Å². The quantitative estimate of drug-likeness (QED) is 0.734. The first-order valence-corrected chi connectivity index (χ1v) is 9.25. The van der Waals surface area contributed by atoms with Crippen molar-refractivity contribution in [2.24, 2.45) is 0 Å². The third-order valence-electron chi connectivity index (χ3n) is 3.52. The molecule has 1 N–H and O–H groups in total. The molecule has 0 fully saturated rings. The Labute approximate surface area is 145 Å². The van der Waals surface area contributed by atoms with Gasteiger partial charge in [0, 0.05) is 24.0 Å². The van der Waals surface area contributed by atoms with E-state index >= 15 is 0 Å². The van der Waals surface area contributed by atoms with E-state index in [1.54, 1.807) is 23.0 Å². The molecule has 0 saturated carbocycles. The number of aromatic nitrogens is 2. The van der Waals surface area contributed by atoms with Crippen LogP contribution in [0.4, 0.5) is 0 Å². The van der Waals surface area contributed by atoms with Crippen molar-refractivity contribution in [1.82, 2.24) is 14.5 Å². The zero-order valence-electron chi connectivity index (χ0n) is 12.8. The summed E-state index contributed by atoms with van der Waals surface area (Å²) in [5.41, 5.74) is 2.00. The Morgan fingerprint density at radius 3 is 2.54 bits per heavy atom. The summed E-state index contributed by atoms with van der Waals surface area (Å²) in [4.78, 5) is 0.170. The minimum absolute atomic E-state index is 0.170. The van der Waals surface area contributed by atoms with E-state index in [0.717, 1.165) is 11.3 Å². The molecule has 3 aromatic rings. The van der Waals surface area contributed by atoms with Crippen LogP contribution in [-0.2, 0) is 16.4 Å². The fourth-order valence-corrected chi connectivity index (χ4v) is 3.62. The molecule has 0 radical (unpaired) electrons. The van der Waals surface area contributed by atoms with Crippen LogP contribution in [0.25, 0.3) is 5.69 Å². The number of benzene rings is 2. The van der Waals surface area contributed by atoms with Crippen molar-refractivity contribution in [2.45, 2.75) is 11.3 Å². The summed E-state index contributed by atoms with van der Waals surface area (Å²) < 4.78 is 28.8. The third kappa shape index (κ3) is 4.03. The highest BCUT2D eigenvalue weighted by Crippen LogP contribution is 2.15. The first-order chi connectivity index (χ1) is 11.5.